The van der Waals surface area contributed by atoms with Gasteiger partial charge in [-0.3, -0.25) is 0 Å². The molecule has 1 atom stereocenters. The van der Waals surface area contributed by atoms with Gasteiger partial charge in [-0.05, 0) is 59.1 Å². The molecule has 0 heterocycles. The van der Waals surface area contributed by atoms with E-state index in [4.69, 9.17) is 4.74 Å². The van der Waals surface area contributed by atoms with Crippen molar-refractivity contribution in [2.75, 3.05) is 34.8 Å². The van der Waals surface area contributed by atoms with Gasteiger partial charge in [0.2, 0.25) is 0 Å². The van der Waals surface area contributed by atoms with Gasteiger partial charge in [-0.2, -0.15) is 0 Å². The van der Waals surface area contributed by atoms with E-state index < -0.39 is 0 Å². The van der Waals surface area contributed by atoms with Gasteiger partial charge in [-0.15, -0.1) is 0 Å². The molecule has 0 aliphatic rings. The van der Waals surface area contributed by atoms with Crippen LogP contribution in [0.2, 0.25) is 0 Å². The summed E-state index contributed by atoms with van der Waals surface area (Å²) in [6.45, 7) is 5.30. The number of hydrogen-bond donors (Lipinski definition) is 1. The minimum atomic E-state index is 0.335. The molecular weight excluding hydrogens is 224 g/mol. The Morgan fingerprint density at radius 3 is 2.44 bits per heavy atom. The van der Waals surface area contributed by atoms with E-state index in [1.165, 1.54) is 16.7 Å². The molecule has 0 amide bonds. The highest BCUT2D eigenvalue weighted by atomic mass is 16.5. The SMILES string of the molecule is CNC(CCN(C)C)c1ccc(C)c(C)c1OC. The predicted octanol–water partition coefficient (Wildman–Crippen LogP) is 2.52. The maximum Gasteiger partial charge on any atom is 0.126 e. The molecule has 1 aromatic rings. The Kier molecular flexibility index (Phi) is 5.63. The molecule has 0 spiro atoms. The van der Waals surface area contributed by atoms with Gasteiger partial charge in [0.05, 0.1) is 7.11 Å². The third-order valence-electron chi connectivity index (χ3n) is 3.50. The highest BCUT2D eigenvalue weighted by molar-refractivity contribution is 5.46. The number of benzene rings is 1. The summed E-state index contributed by atoms with van der Waals surface area (Å²) < 4.78 is 5.59. The van der Waals surface area contributed by atoms with Crippen molar-refractivity contribution in [3.8, 4) is 5.75 Å². The number of hydrogen-bond acceptors (Lipinski definition) is 3. The molecule has 18 heavy (non-hydrogen) atoms. The van der Waals surface area contributed by atoms with E-state index in [1.54, 1.807) is 7.11 Å². The van der Waals surface area contributed by atoms with Crippen LogP contribution in [-0.4, -0.2) is 39.7 Å². The largest absolute Gasteiger partial charge is 0.496 e. The predicted molar refractivity (Wildman–Crippen MR) is 77.4 cm³/mol. The Morgan fingerprint density at radius 2 is 1.94 bits per heavy atom. The van der Waals surface area contributed by atoms with Crippen LogP contribution in [0.1, 0.15) is 29.2 Å². The van der Waals surface area contributed by atoms with Gasteiger partial charge < -0.3 is 15.0 Å². The zero-order chi connectivity index (χ0) is 13.7. The number of rotatable bonds is 6. The summed E-state index contributed by atoms with van der Waals surface area (Å²) in [5, 5.41) is 3.39. The second-order valence-corrected chi connectivity index (χ2v) is 5.06. The van der Waals surface area contributed by atoms with Crippen molar-refractivity contribution in [2.24, 2.45) is 0 Å². The highest BCUT2D eigenvalue weighted by Gasteiger charge is 2.16. The Morgan fingerprint density at radius 1 is 1.28 bits per heavy atom. The number of nitrogens with zero attached hydrogens (tertiary/aromatic N) is 1. The van der Waals surface area contributed by atoms with Crippen LogP contribution in [-0.2, 0) is 0 Å². The molecule has 0 fully saturated rings. The fraction of sp³-hybridized carbons (Fsp3) is 0.600. The first-order valence-corrected chi connectivity index (χ1v) is 6.47. The van der Waals surface area contributed by atoms with Gasteiger partial charge in [0.25, 0.3) is 0 Å². The van der Waals surface area contributed by atoms with Crippen molar-refractivity contribution in [3.63, 3.8) is 0 Å². The summed E-state index contributed by atoms with van der Waals surface area (Å²) in [7, 11) is 7.97. The molecule has 1 N–H and O–H groups in total. The van der Waals surface area contributed by atoms with Crippen molar-refractivity contribution >= 4 is 0 Å². The zero-order valence-electron chi connectivity index (χ0n) is 12.5. The molecule has 1 rings (SSSR count). The Hall–Kier alpha value is -1.06. The van der Waals surface area contributed by atoms with Crippen LogP contribution >= 0.6 is 0 Å². The Bertz CT molecular complexity index is 388. The number of nitrogens with one attached hydrogen (secondary N) is 1. The van der Waals surface area contributed by atoms with Crippen LogP contribution in [0.15, 0.2) is 12.1 Å². The maximum absolute atomic E-state index is 5.59. The molecule has 102 valence electrons. The molecular formula is C15H26N2O. The summed E-state index contributed by atoms with van der Waals surface area (Å²) in [4.78, 5) is 2.21. The van der Waals surface area contributed by atoms with Crippen molar-refractivity contribution in [1.82, 2.24) is 10.2 Å². The second-order valence-electron chi connectivity index (χ2n) is 5.06. The van der Waals surface area contributed by atoms with Gasteiger partial charge in [0.1, 0.15) is 5.75 Å². The molecule has 3 nitrogen and oxygen atoms in total. The lowest BCUT2D eigenvalue weighted by molar-refractivity contribution is 0.357. The first-order valence-electron chi connectivity index (χ1n) is 6.47. The van der Waals surface area contributed by atoms with Crippen LogP contribution in [0, 0.1) is 13.8 Å². The number of aryl methyl sites for hydroxylation is 1. The molecule has 0 radical (unpaired) electrons. The van der Waals surface area contributed by atoms with E-state index in [2.05, 4.69) is 50.3 Å². The standard InChI is InChI=1S/C15H26N2O/c1-11-7-8-13(15(18-6)12(11)2)14(16-3)9-10-17(4)5/h7-8,14,16H,9-10H2,1-6H3. The average molecular weight is 250 g/mol. The normalized spacial score (nSPS) is 12.8. The average Bonchev–Trinajstić information content (AvgIpc) is 2.34. The fourth-order valence-corrected chi connectivity index (χ4v) is 2.20. The molecule has 1 aromatic carbocycles. The van der Waals surface area contributed by atoms with Crippen LogP contribution in [0.25, 0.3) is 0 Å². The summed E-state index contributed by atoms with van der Waals surface area (Å²) in [5.74, 6) is 1.02. The fourth-order valence-electron chi connectivity index (χ4n) is 2.20. The van der Waals surface area contributed by atoms with Crippen LogP contribution in [0.3, 0.4) is 0 Å². The minimum absolute atomic E-state index is 0.335. The molecule has 0 aliphatic heterocycles. The van der Waals surface area contributed by atoms with E-state index in [-0.39, 0.29) is 0 Å². The summed E-state index contributed by atoms with van der Waals surface area (Å²) >= 11 is 0. The molecule has 3 heteroatoms. The van der Waals surface area contributed by atoms with Crippen LogP contribution < -0.4 is 10.1 Å². The van der Waals surface area contributed by atoms with Gasteiger partial charge in [-0.25, -0.2) is 0 Å². The lowest BCUT2D eigenvalue weighted by Gasteiger charge is -2.23. The third kappa shape index (κ3) is 3.47. The van der Waals surface area contributed by atoms with Gasteiger partial charge >= 0.3 is 0 Å². The lowest BCUT2D eigenvalue weighted by Crippen LogP contribution is -2.23. The topological polar surface area (TPSA) is 24.5 Å². The van der Waals surface area contributed by atoms with E-state index in [0.29, 0.717) is 6.04 Å². The Balaban J connectivity index is 3.01. The Labute approximate surface area is 111 Å². The monoisotopic (exact) mass is 250 g/mol. The zero-order valence-corrected chi connectivity index (χ0v) is 12.5. The van der Waals surface area contributed by atoms with E-state index in [1.807, 2.05) is 7.05 Å². The van der Waals surface area contributed by atoms with E-state index >= 15 is 0 Å². The molecule has 0 aliphatic carbocycles. The molecule has 0 aromatic heterocycles. The molecule has 0 saturated carbocycles. The van der Waals surface area contributed by atoms with Crippen molar-refractivity contribution in [1.29, 1.82) is 0 Å². The van der Waals surface area contributed by atoms with Crippen LogP contribution in [0.4, 0.5) is 0 Å². The first kappa shape index (κ1) is 15.0. The highest BCUT2D eigenvalue weighted by Crippen LogP contribution is 2.32. The summed E-state index contributed by atoms with van der Waals surface area (Å²) in [6, 6.07) is 4.69. The second kappa shape index (κ2) is 6.76. The quantitative estimate of drug-likeness (QED) is 0.839. The van der Waals surface area contributed by atoms with Gasteiger partial charge in [0, 0.05) is 11.6 Å². The lowest BCUT2D eigenvalue weighted by atomic mass is 9.97. The minimum Gasteiger partial charge on any atom is -0.496 e. The first-order chi connectivity index (χ1) is 8.51. The van der Waals surface area contributed by atoms with Crippen molar-refractivity contribution < 1.29 is 4.74 Å². The number of ether oxygens (including phenoxy) is 1. The van der Waals surface area contributed by atoms with E-state index in [9.17, 15) is 0 Å². The number of methoxy groups -OCH3 is 1. The van der Waals surface area contributed by atoms with Crippen molar-refractivity contribution in [2.45, 2.75) is 26.3 Å². The maximum atomic E-state index is 5.59. The smallest absolute Gasteiger partial charge is 0.126 e. The van der Waals surface area contributed by atoms with Gasteiger partial charge in [-0.1, -0.05) is 12.1 Å². The summed E-state index contributed by atoms with van der Waals surface area (Å²) in [6.07, 6.45) is 1.07. The molecule has 1 unspecified atom stereocenters. The van der Waals surface area contributed by atoms with Crippen molar-refractivity contribution in [3.05, 3.63) is 28.8 Å². The summed E-state index contributed by atoms with van der Waals surface area (Å²) in [5.41, 5.74) is 3.77. The third-order valence-corrected chi connectivity index (χ3v) is 3.50. The van der Waals surface area contributed by atoms with Crippen LogP contribution in [0.5, 0.6) is 5.75 Å². The molecule has 0 bridgehead atoms. The van der Waals surface area contributed by atoms with Gasteiger partial charge in [0.15, 0.2) is 0 Å². The molecule has 0 saturated heterocycles. The van der Waals surface area contributed by atoms with E-state index in [0.717, 1.165) is 18.7 Å².